The van der Waals surface area contributed by atoms with E-state index < -0.39 is 15.5 Å². The Balaban J connectivity index is 1.72. The molecule has 0 amide bonds. The summed E-state index contributed by atoms with van der Waals surface area (Å²) in [5.74, 6) is 0.701. The second-order valence-electron chi connectivity index (χ2n) is 7.48. The molecule has 2 N–H and O–H groups in total. The summed E-state index contributed by atoms with van der Waals surface area (Å²) < 4.78 is 61.4. The van der Waals surface area contributed by atoms with Crippen LogP contribution < -0.4 is 15.5 Å². The Morgan fingerprint density at radius 3 is 2.27 bits per heavy atom. The number of hydrogen-bond acceptors (Lipinski definition) is 4. The molecule has 0 unspecified atom stereocenters. The van der Waals surface area contributed by atoms with Crippen LogP contribution in [-0.4, -0.2) is 71.5 Å². The molecule has 1 heterocycles. The number of alkyl halides is 3. The van der Waals surface area contributed by atoms with Gasteiger partial charge in [0.15, 0.2) is 5.96 Å². The number of guanidine groups is 1. The van der Waals surface area contributed by atoms with Gasteiger partial charge in [0.2, 0.25) is 0 Å². The van der Waals surface area contributed by atoms with Crippen molar-refractivity contribution in [1.29, 1.82) is 0 Å². The van der Waals surface area contributed by atoms with Crippen LogP contribution in [0, 0.1) is 5.92 Å². The fourth-order valence-electron chi connectivity index (χ4n) is 3.25. The molecule has 0 aliphatic carbocycles. The topological polar surface area (TPSA) is 77.0 Å². The van der Waals surface area contributed by atoms with Crippen LogP contribution in [0.5, 0.6) is 0 Å². The summed E-state index contributed by atoms with van der Waals surface area (Å²) in [6.07, 6.45) is 1.57. The Morgan fingerprint density at radius 1 is 1.17 bits per heavy atom. The van der Waals surface area contributed by atoms with Gasteiger partial charge in [0.05, 0.1) is 0 Å². The molecule has 2 rings (SSSR count). The first-order valence-electron chi connectivity index (χ1n) is 9.82. The molecule has 1 aliphatic rings. The third-order valence-corrected chi connectivity index (χ3v) is 6.78. The molecule has 0 bridgehead atoms. The summed E-state index contributed by atoms with van der Waals surface area (Å²) in [6.45, 7) is 0.965. The molecule has 0 aromatic heterocycles. The molecule has 0 radical (unpaired) electrons. The lowest BCUT2D eigenvalue weighted by molar-refractivity contribution is -0.0496. The molecule has 170 valence electrons. The number of sulfonamides is 1. The van der Waals surface area contributed by atoms with Gasteiger partial charge in [-0.05, 0) is 42.9 Å². The predicted octanol–water partition coefficient (Wildman–Crippen LogP) is 2.02. The molecule has 1 aromatic carbocycles. The van der Waals surface area contributed by atoms with Crippen molar-refractivity contribution in [3.05, 3.63) is 29.8 Å². The van der Waals surface area contributed by atoms with Gasteiger partial charge in [-0.1, -0.05) is 12.1 Å². The van der Waals surface area contributed by atoms with E-state index in [1.807, 2.05) is 19.0 Å². The average molecular weight is 450 g/mol. The zero-order valence-electron chi connectivity index (χ0n) is 17.5. The number of nitrogens with one attached hydrogen (secondary N) is 2. The molecular formula is C19H30F3N5O2S. The molecule has 0 atom stereocenters. The third kappa shape index (κ3) is 6.49. The standard InChI is InChI=1S/C19H30F3N5O2S/c1-23-18(24-11-8-15-4-6-17(7-5-15)26(2)3)25-14-16-9-12-27(13-10-16)30(28,29)19(20,21)22/h4-7,16H,8-14H2,1-3H3,(H2,23,24,25). The van der Waals surface area contributed by atoms with Crippen LogP contribution in [0.4, 0.5) is 18.9 Å². The molecule has 11 heteroatoms. The van der Waals surface area contributed by atoms with E-state index in [-0.39, 0.29) is 19.0 Å². The van der Waals surface area contributed by atoms with Crippen LogP contribution >= 0.6 is 0 Å². The lowest BCUT2D eigenvalue weighted by atomic mass is 9.98. The summed E-state index contributed by atoms with van der Waals surface area (Å²) in [5.41, 5.74) is -2.91. The Labute approximate surface area is 176 Å². The normalized spacial score (nSPS) is 17.1. The van der Waals surface area contributed by atoms with E-state index in [0.29, 0.717) is 36.2 Å². The Kier molecular flexibility index (Phi) is 8.36. The van der Waals surface area contributed by atoms with Gasteiger partial charge in [-0.3, -0.25) is 4.99 Å². The van der Waals surface area contributed by atoms with E-state index in [1.54, 1.807) is 7.05 Å². The van der Waals surface area contributed by atoms with E-state index >= 15 is 0 Å². The van der Waals surface area contributed by atoms with Gasteiger partial charge in [0, 0.05) is 53.0 Å². The van der Waals surface area contributed by atoms with Gasteiger partial charge < -0.3 is 15.5 Å². The fraction of sp³-hybridized carbons (Fsp3) is 0.632. The van der Waals surface area contributed by atoms with Gasteiger partial charge in [-0.15, -0.1) is 0 Å². The molecule has 1 fully saturated rings. The van der Waals surface area contributed by atoms with Crippen molar-refractivity contribution in [3.8, 4) is 0 Å². The average Bonchev–Trinajstić information content (AvgIpc) is 2.70. The number of aliphatic imine (C=N–C) groups is 1. The number of piperidine rings is 1. The quantitative estimate of drug-likeness (QED) is 0.492. The first kappa shape index (κ1) is 24.3. The number of halogens is 3. The number of benzene rings is 1. The summed E-state index contributed by atoms with van der Waals surface area (Å²) in [7, 11) is 0.405. The molecule has 0 spiro atoms. The van der Waals surface area contributed by atoms with E-state index in [4.69, 9.17) is 0 Å². The third-order valence-electron chi connectivity index (χ3n) is 5.15. The van der Waals surface area contributed by atoms with E-state index in [0.717, 1.165) is 12.1 Å². The lowest BCUT2D eigenvalue weighted by Gasteiger charge is -2.31. The van der Waals surface area contributed by atoms with Gasteiger partial charge in [-0.25, -0.2) is 8.42 Å². The minimum absolute atomic E-state index is 0.0850. The van der Waals surface area contributed by atoms with Crippen molar-refractivity contribution in [2.24, 2.45) is 10.9 Å². The molecule has 1 saturated heterocycles. The van der Waals surface area contributed by atoms with Gasteiger partial charge in [0.1, 0.15) is 0 Å². The van der Waals surface area contributed by atoms with Crippen molar-refractivity contribution in [3.63, 3.8) is 0 Å². The molecule has 30 heavy (non-hydrogen) atoms. The fourth-order valence-corrected chi connectivity index (χ4v) is 4.23. The van der Waals surface area contributed by atoms with Crippen molar-refractivity contribution >= 4 is 21.7 Å². The highest BCUT2D eigenvalue weighted by Gasteiger charge is 2.50. The van der Waals surface area contributed by atoms with Crippen LogP contribution in [0.1, 0.15) is 18.4 Å². The van der Waals surface area contributed by atoms with Gasteiger partial charge >= 0.3 is 15.5 Å². The molecule has 1 aromatic rings. The molecule has 0 saturated carbocycles. The second-order valence-corrected chi connectivity index (χ2v) is 9.41. The van der Waals surface area contributed by atoms with Gasteiger partial charge in [0.25, 0.3) is 0 Å². The van der Waals surface area contributed by atoms with Gasteiger partial charge in [-0.2, -0.15) is 17.5 Å². The summed E-state index contributed by atoms with van der Waals surface area (Å²) in [4.78, 5) is 6.20. The van der Waals surface area contributed by atoms with Crippen molar-refractivity contribution in [2.75, 3.05) is 52.2 Å². The van der Waals surface area contributed by atoms with E-state index in [2.05, 4.69) is 39.9 Å². The molecule has 1 aliphatic heterocycles. The highest BCUT2D eigenvalue weighted by Crippen LogP contribution is 2.30. The summed E-state index contributed by atoms with van der Waals surface area (Å²) in [5, 5.41) is 6.40. The van der Waals surface area contributed by atoms with E-state index in [1.165, 1.54) is 5.56 Å². The highest BCUT2D eigenvalue weighted by molar-refractivity contribution is 7.90. The Hall–Kier alpha value is -2.01. The maximum atomic E-state index is 12.6. The maximum absolute atomic E-state index is 12.6. The minimum Gasteiger partial charge on any atom is -0.378 e. The van der Waals surface area contributed by atoms with Crippen LogP contribution in [0.25, 0.3) is 0 Å². The van der Waals surface area contributed by atoms with Crippen LogP contribution in [0.3, 0.4) is 0 Å². The predicted molar refractivity (Wildman–Crippen MR) is 113 cm³/mol. The number of rotatable bonds is 7. The van der Waals surface area contributed by atoms with Crippen molar-refractivity contribution < 1.29 is 21.6 Å². The largest absolute Gasteiger partial charge is 0.511 e. The SMILES string of the molecule is CN=C(NCCc1ccc(N(C)C)cc1)NCC1CCN(S(=O)(=O)C(F)(F)F)CC1. The van der Waals surface area contributed by atoms with Crippen LogP contribution in [0.2, 0.25) is 0 Å². The van der Waals surface area contributed by atoms with E-state index in [9.17, 15) is 21.6 Å². The first-order chi connectivity index (χ1) is 14.0. The summed E-state index contributed by atoms with van der Waals surface area (Å²) in [6, 6.07) is 8.29. The second kappa shape index (κ2) is 10.3. The minimum atomic E-state index is -5.24. The Bertz CT molecular complexity index is 802. The zero-order chi connectivity index (χ0) is 22.4. The summed E-state index contributed by atoms with van der Waals surface area (Å²) >= 11 is 0. The zero-order valence-corrected chi connectivity index (χ0v) is 18.4. The van der Waals surface area contributed by atoms with Crippen molar-refractivity contribution in [1.82, 2.24) is 14.9 Å². The number of nitrogens with zero attached hydrogens (tertiary/aromatic N) is 3. The lowest BCUT2D eigenvalue weighted by Crippen LogP contribution is -2.47. The maximum Gasteiger partial charge on any atom is 0.511 e. The van der Waals surface area contributed by atoms with Crippen LogP contribution in [0.15, 0.2) is 29.3 Å². The molecule has 7 nitrogen and oxygen atoms in total. The monoisotopic (exact) mass is 449 g/mol. The van der Waals surface area contributed by atoms with Crippen LogP contribution in [-0.2, 0) is 16.4 Å². The smallest absolute Gasteiger partial charge is 0.378 e. The van der Waals surface area contributed by atoms with Crippen molar-refractivity contribution in [2.45, 2.75) is 24.8 Å². The number of anilines is 1. The Morgan fingerprint density at radius 2 is 1.77 bits per heavy atom. The first-order valence-corrected chi connectivity index (χ1v) is 11.3. The molecular weight excluding hydrogens is 419 g/mol. The highest BCUT2D eigenvalue weighted by atomic mass is 32.2. The number of hydrogen-bond donors (Lipinski definition) is 2.